The van der Waals surface area contributed by atoms with Gasteiger partial charge in [0.05, 0.1) is 10.6 Å². The maximum Gasteiger partial charge on any atom is 0.229 e. The maximum atomic E-state index is 13.2. The van der Waals surface area contributed by atoms with Crippen molar-refractivity contribution in [3.8, 4) is 11.5 Å². The summed E-state index contributed by atoms with van der Waals surface area (Å²) < 4.78 is 31.8. The van der Waals surface area contributed by atoms with Crippen molar-refractivity contribution in [3.63, 3.8) is 0 Å². The van der Waals surface area contributed by atoms with Crippen LogP contribution in [0.15, 0.2) is 34.7 Å². The van der Waals surface area contributed by atoms with E-state index in [1.54, 1.807) is 0 Å². The first kappa shape index (κ1) is 11.9. The third-order valence-corrected chi connectivity index (χ3v) is 2.94. The number of hydrogen-bond acceptors (Lipinski definition) is 3. The summed E-state index contributed by atoms with van der Waals surface area (Å²) >= 11 is 5.86. The van der Waals surface area contributed by atoms with Crippen LogP contribution < -0.4 is 5.73 Å². The number of nitrogens with two attached hydrogens (primary N) is 1. The minimum absolute atomic E-state index is 0.0968. The lowest BCUT2D eigenvalue weighted by Crippen LogP contribution is -1.90. The number of anilines is 1. The highest BCUT2D eigenvalue weighted by Gasteiger charge is 2.15. The van der Waals surface area contributed by atoms with Gasteiger partial charge < -0.3 is 10.2 Å². The quantitative estimate of drug-likeness (QED) is 0.685. The monoisotopic (exact) mass is 280 g/mol. The van der Waals surface area contributed by atoms with Crippen LogP contribution in [0.5, 0.6) is 0 Å². The van der Waals surface area contributed by atoms with Crippen molar-refractivity contribution in [1.29, 1.82) is 0 Å². The summed E-state index contributed by atoms with van der Waals surface area (Å²) in [6.07, 6.45) is 0. The Hall–Kier alpha value is -2.14. The Morgan fingerprint density at radius 3 is 2.68 bits per heavy atom. The fourth-order valence-corrected chi connectivity index (χ4v) is 2.03. The lowest BCUT2D eigenvalue weighted by atomic mass is 10.2. The van der Waals surface area contributed by atoms with Crippen LogP contribution >= 0.6 is 11.6 Å². The molecule has 0 atom stereocenters. The van der Waals surface area contributed by atoms with Gasteiger partial charge in [-0.3, -0.25) is 0 Å². The molecule has 0 saturated carbocycles. The van der Waals surface area contributed by atoms with Gasteiger partial charge in [-0.05, 0) is 24.3 Å². The zero-order valence-corrected chi connectivity index (χ0v) is 10.2. The van der Waals surface area contributed by atoms with Gasteiger partial charge in [0.2, 0.25) is 5.89 Å². The summed E-state index contributed by atoms with van der Waals surface area (Å²) in [4.78, 5) is 4.07. The molecule has 96 valence electrons. The molecule has 2 aromatic carbocycles. The predicted molar refractivity (Wildman–Crippen MR) is 68.8 cm³/mol. The van der Waals surface area contributed by atoms with Gasteiger partial charge in [0, 0.05) is 11.8 Å². The molecular formula is C13H7ClF2N2O. The maximum absolute atomic E-state index is 13.2. The Bertz CT molecular complexity index is 786. The molecular weight excluding hydrogens is 274 g/mol. The van der Waals surface area contributed by atoms with E-state index < -0.39 is 11.6 Å². The van der Waals surface area contributed by atoms with Gasteiger partial charge in [0.1, 0.15) is 17.2 Å². The van der Waals surface area contributed by atoms with Crippen LogP contribution in [0.1, 0.15) is 0 Å². The Morgan fingerprint density at radius 1 is 1.11 bits per heavy atom. The lowest BCUT2D eigenvalue weighted by Gasteiger charge is -2.00. The molecule has 19 heavy (non-hydrogen) atoms. The van der Waals surface area contributed by atoms with E-state index in [4.69, 9.17) is 21.8 Å². The Labute approximate surface area is 111 Å². The molecule has 0 bridgehead atoms. The number of hydrogen-bond donors (Lipinski definition) is 1. The van der Waals surface area contributed by atoms with Gasteiger partial charge in [-0.15, -0.1) is 0 Å². The molecule has 0 aliphatic rings. The van der Waals surface area contributed by atoms with Gasteiger partial charge in [-0.25, -0.2) is 13.8 Å². The highest BCUT2D eigenvalue weighted by molar-refractivity contribution is 6.34. The summed E-state index contributed by atoms with van der Waals surface area (Å²) in [5.41, 5.74) is 6.84. The molecule has 3 rings (SSSR count). The van der Waals surface area contributed by atoms with Crippen LogP contribution in [0, 0.1) is 11.6 Å². The smallest absolute Gasteiger partial charge is 0.229 e. The normalized spacial score (nSPS) is 11.1. The number of benzene rings is 2. The standard InChI is InChI=1S/C13H7ClF2N2O/c14-9-4-7(16)5-11-12(9)19-13(18-11)8-3-6(15)1-2-10(8)17/h1-5H,17H2. The van der Waals surface area contributed by atoms with Crippen molar-refractivity contribution in [2.24, 2.45) is 0 Å². The number of nitrogens with zero attached hydrogens (tertiary/aromatic N) is 1. The SMILES string of the molecule is Nc1ccc(F)cc1-c1nc2cc(F)cc(Cl)c2o1. The Kier molecular flexibility index (Phi) is 2.64. The summed E-state index contributed by atoms with van der Waals surface area (Å²) in [5.74, 6) is -0.896. The topological polar surface area (TPSA) is 52.0 Å². The first-order chi connectivity index (χ1) is 9.04. The predicted octanol–water partition coefficient (Wildman–Crippen LogP) is 4.01. The van der Waals surface area contributed by atoms with Crippen molar-refractivity contribution in [3.05, 3.63) is 47.0 Å². The first-order valence-corrected chi connectivity index (χ1v) is 5.73. The number of nitrogen functional groups attached to an aromatic ring is 1. The second-order valence-electron chi connectivity index (χ2n) is 3.99. The first-order valence-electron chi connectivity index (χ1n) is 5.35. The number of halogens is 3. The van der Waals surface area contributed by atoms with Gasteiger partial charge in [0.15, 0.2) is 5.58 Å². The van der Waals surface area contributed by atoms with Gasteiger partial charge in [0.25, 0.3) is 0 Å². The van der Waals surface area contributed by atoms with Crippen LogP contribution in [-0.2, 0) is 0 Å². The number of fused-ring (bicyclic) bond motifs is 1. The van der Waals surface area contributed by atoms with Crippen molar-refractivity contribution >= 4 is 28.4 Å². The van der Waals surface area contributed by atoms with E-state index in [1.165, 1.54) is 24.3 Å². The van der Waals surface area contributed by atoms with Crippen LogP contribution in [-0.4, -0.2) is 4.98 Å². The molecule has 0 spiro atoms. The summed E-state index contributed by atoms with van der Waals surface area (Å²) in [5, 5.41) is 0.101. The van der Waals surface area contributed by atoms with Gasteiger partial charge in [-0.2, -0.15) is 0 Å². The molecule has 0 fully saturated rings. The van der Waals surface area contributed by atoms with E-state index in [9.17, 15) is 8.78 Å². The Balaban J connectivity index is 2.26. The molecule has 6 heteroatoms. The van der Waals surface area contributed by atoms with Crippen LogP contribution in [0.2, 0.25) is 5.02 Å². The molecule has 0 radical (unpaired) electrons. The third kappa shape index (κ3) is 2.02. The number of aromatic nitrogens is 1. The molecule has 3 nitrogen and oxygen atoms in total. The molecule has 1 heterocycles. The van der Waals surface area contributed by atoms with Crippen molar-refractivity contribution in [2.75, 3.05) is 5.73 Å². The highest BCUT2D eigenvalue weighted by Crippen LogP contribution is 2.32. The number of oxazole rings is 1. The minimum Gasteiger partial charge on any atom is -0.434 e. The van der Waals surface area contributed by atoms with Crippen molar-refractivity contribution in [2.45, 2.75) is 0 Å². The molecule has 0 aliphatic carbocycles. The summed E-state index contributed by atoms with van der Waals surface area (Å²) in [6.45, 7) is 0. The summed E-state index contributed by atoms with van der Waals surface area (Å²) in [6, 6.07) is 6.14. The number of rotatable bonds is 1. The lowest BCUT2D eigenvalue weighted by molar-refractivity contribution is 0.609. The third-order valence-electron chi connectivity index (χ3n) is 2.66. The van der Waals surface area contributed by atoms with Crippen LogP contribution in [0.4, 0.5) is 14.5 Å². The van der Waals surface area contributed by atoms with Crippen molar-refractivity contribution < 1.29 is 13.2 Å². The molecule has 3 aromatic rings. The van der Waals surface area contributed by atoms with E-state index in [-0.39, 0.29) is 22.0 Å². The zero-order chi connectivity index (χ0) is 13.6. The van der Waals surface area contributed by atoms with Gasteiger partial charge >= 0.3 is 0 Å². The highest BCUT2D eigenvalue weighted by atomic mass is 35.5. The second kappa shape index (κ2) is 4.20. The average molecular weight is 281 g/mol. The molecule has 0 saturated heterocycles. The fraction of sp³-hybridized carbons (Fsp3) is 0. The largest absolute Gasteiger partial charge is 0.434 e. The van der Waals surface area contributed by atoms with E-state index >= 15 is 0 Å². The zero-order valence-electron chi connectivity index (χ0n) is 9.45. The summed E-state index contributed by atoms with van der Waals surface area (Å²) in [7, 11) is 0. The van der Waals surface area contributed by atoms with E-state index in [2.05, 4.69) is 4.98 Å². The average Bonchev–Trinajstić information content (AvgIpc) is 2.76. The van der Waals surface area contributed by atoms with Crippen LogP contribution in [0.3, 0.4) is 0 Å². The molecule has 0 aliphatic heterocycles. The fourth-order valence-electron chi connectivity index (χ4n) is 1.79. The van der Waals surface area contributed by atoms with E-state index in [0.29, 0.717) is 11.3 Å². The van der Waals surface area contributed by atoms with Crippen molar-refractivity contribution in [1.82, 2.24) is 4.98 Å². The molecule has 2 N–H and O–H groups in total. The molecule has 1 aromatic heterocycles. The van der Waals surface area contributed by atoms with E-state index in [0.717, 1.165) is 6.07 Å². The second-order valence-corrected chi connectivity index (χ2v) is 4.39. The minimum atomic E-state index is -0.524. The Morgan fingerprint density at radius 2 is 1.89 bits per heavy atom. The van der Waals surface area contributed by atoms with E-state index in [1.807, 2.05) is 0 Å². The molecule has 0 amide bonds. The van der Waals surface area contributed by atoms with Crippen LogP contribution in [0.25, 0.3) is 22.6 Å². The van der Waals surface area contributed by atoms with Gasteiger partial charge in [-0.1, -0.05) is 11.6 Å². The molecule has 0 unspecified atom stereocenters.